The number of carbonyl (C=O) groups excluding carboxylic acids is 2. The summed E-state index contributed by atoms with van der Waals surface area (Å²) >= 11 is 0. The average molecular weight is 519 g/mol. The number of rotatable bonds is 10. The number of nitrogens with one attached hydrogen (secondary N) is 2. The van der Waals surface area contributed by atoms with E-state index in [9.17, 15) is 9.59 Å². The molecule has 4 rings (SSSR count). The summed E-state index contributed by atoms with van der Waals surface area (Å²) in [6.45, 7) is 0. The van der Waals surface area contributed by atoms with Crippen molar-refractivity contribution < 1.29 is 19.1 Å². The largest absolute Gasteiger partial charge is 0.496 e. The van der Waals surface area contributed by atoms with E-state index in [-0.39, 0.29) is 11.8 Å². The van der Waals surface area contributed by atoms with E-state index in [1.54, 1.807) is 26.4 Å². The van der Waals surface area contributed by atoms with Crippen molar-refractivity contribution in [2.75, 3.05) is 24.9 Å². The number of ether oxygens (including phenoxy) is 2. The summed E-state index contributed by atoms with van der Waals surface area (Å²) < 4.78 is 10.6. The van der Waals surface area contributed by atoms with E-state index in [1.807, 2.05) is 97.1 Å². The highest BCUT2D eigenvalue weighted by molar-refractivity contribution is 6.02. The smallest absolute Gasteiger partial charge is 0.248 e. The highest BCUT2D eigenvalue weighted by atomic mass is 16.5. The molecule has 0 unspecified atom stereocenters. The van der Waals surface area contributed by atoms with Crippen LogP contribution in [0.2, 0.25) is 0 Å². The first-order chi connectivity index (χ1) is 19.0. The second kappa shape index (κ2) is 13.4. The topological polar surface area (TPSA) is 76.7 Å². The van der Waals surface area contributed by atoms with Crippen molar-refractivity contribution >= 4 is 35.3 Å². The van der Waals surface area contributed by atoms with Crippen LogP contribution in [-0.4, -0.2) is 26.0 Å². The average Bonchev–Trinajstić information content (AvgIpc) is 2.97. The third-order valence-corrected chi connectivity index (χ3v) is 5.96. The summed E-state index contributed by atoms with van der Waals surface area (Å²) in [6.07, 6.45) is 7.15. The molecule has 0 aromatic heterocycles. The second-order valence-corrected chi connectivity index (χ2v) is 8.70. The van der Waals surface area contributed by atoms with E-state index in [0.29, 0.717) is 22.9 Å². The van der Waals surface area contributed by atoms with E-state index in [2.05, 4.69) is 10.6 Å². The Balaban J connectivity index is 1.28. The van der Waals surface area contributed by atoms with Gasteiger partial charge < -0.3 is 20.1 Å². The summed E-state index contributed by atoms with van der Waals surface area (Å²) in [4.78, 5) is 24.7. The summed E-state index contributed by atoms with van der Waals surface area (Å²) in [5, 5.41) is 5.75. The molecular formula is C33H30N2O4. The van der Waals surface area contributed by atoms with Gasteiger partial charge in [-0.2, -0.15) is 0 Å². The Labute approximate surface area is 228 Å². The Kier molecular flexibility index (Phi) is 9.29. The zero-order valence-electron chi connectivity index (χ0n) is 21.9. The monoisotopic (exact) mass is 518 g/mol. The molecule has 6 nitrogen and oxygen atoms in total. The van der Waals surface area contributed by atoms with Gasteiger partial charge in [0.1, 0.15) is 11.5 Å². The maximum atomic E-state index is 12.3. The molecule has 0 bridgehead atoms. The van der Waals surface area contributed by atoms with Crippen molar-refractivity contribution in [3.05, 3.63) is 131 Å². The lowest BCUT2D eigenvalue weighted by atomic mass is 10.0. The van der Waals surface area contributed by atoms with Crippen molar-refractivity contribution in [1.82, 2.24) is 0 Å². The van der Waals surface area contributed by atoms with Crippen LogP contribution in [0.5, 0.6) is 11.5 Å². The number of para-hydroxylation sites is 2. The third-order valence-electron chi connectivity index (χ3n) is 5.96. The third kappa shape index (κ3) is 7.94. The highest BCUT2D eigenvalue weighted by Gasteiger charge is 2.04. The molecule has 0 heterocycles. The highest BCUT2D eigenvalue weighted by Crippen LogP contribution is 2.20. The van der Waals surface area contributed by atoms with Crippen LogP contribution in [0.3, 0.4) is 0 Å². The maximum Gasteiger partial charge on any atom is 0.248 e. The molecule has 39 heavy (non-hydrogen) atoms. The second-order valence-electron chi connectivity index (χ2n) is 8.70. The first-order valence-corrected chi connectivity index (χ1v) is 12.5. The van der Waals surface area contributed by atoms with Gasteiger partial charge in [-0.3, -0.25) is 9.59 Å². The summed E-state index contributed by atoms with van der Waals surface area (Å²) in [5.74, 6) is 0.984. The number of methoxy groups -OCH3 is 2. The van der Waals surface area contributed by atoms with Crippen LogP contribution in [0.25, 0.3) is 12.2 Å². The number of amides is 2. The van der Waals surface area contributed by atoms with E-state index in [0.717, 1.165) is 28.7 Å². The number of carbonyl (C=O) groups is 2. The summed E-state index contributed by atoms with van der Waals surface area (Å²) in [7, 11) is 3.20. The zero-order chi connectivity index (χ0) is 27.5. The quantitative estimate of drug-likeness (QED) is 0.232. The zero-order valence-corrected chi connectivity index (χ0v) is 21.9. The molecule has 0 fully saturated rings. The fraction of sp³-hybridized carbons (Fsp3) is 0.0909. The molecule has 4 aromatic carbocycles. The number of hydrogen-bond donors (Lipinski definition) is 2. The molecular weight excluding hydrogens is 488 g/mol. The van der Waals surface area contributed by atoms with E-state index in [4.69, 9.17) is 9.47 Å². The van der Waals surface area contributed by atoms with Crippen molar-refractivity contribution in [3.63, 3.8) is 0 Å². The normalized spacial score (nSPS) is 10.9. The van der Waals surface area contributed by atoms with E-state index < -0.39 is 0 Å². The molecule has 0 aliphatic heterocycles. The molecule has 196 valence electrons. The lowest BCUT2D eigenvalue weighted by Crippen LogP contribution is -2.08. The predicted molar refractivity (Wildman–Crippen MR) is 157 cm³/mol. The van der Waals surface area contributed by atoms with Gasteiger partial charge in [0.05, 0.1) is 14.2 Å². The minimum atomic E-state index is -0.218. The predicted octanol–water partition coefficient (Wildman–Crippen LogP) is 6.60. The lowest BCUT2D eigenvalue weighted by molar-refractivity contribution is -0.112. The van der Waals surface area contributed by atoms with Crippen molar-refractivity contribution in [3.8, 4) is 11.5 Å². The Morgan fingerprint density at radius 2 is 0.974 bits per heavy atom. The van der Waals surface area contributed by atoms with Crippen LogP contribution >= 0.6 is 0 Å². The molecule has 0 aliphatic carbocycles. The molecule has 4 aromatic rings. The molecule has 2 N–H and O–H groups in total. The molecule has 0 saturated carbocycles. The first-order valence-electron chi connectivity index (χ1n) is 12.5. The maximum absolute atomic E-state index is 12.3. The van der Waals surface area contributed by atoms with Crippen molar-refractivity contribution in [1.29, 1.82) is 0 Å². The molecule has 6 heteroatoms. The lowest BCUT2D eigenvalue weighted by Gasteiger charge is -2.07. The van der Waals surface area contributed by atoms with Crippen LogP contribution in [0.15, 0.2) is 109 Å². The van der Waals surface area contributed by atoms with Crippen molar-refractivity contribution in [2.24, 2.45) is 0 Å². The Hall–Kier alpha value is -5.10. The fourth-order valence-corrected chi connectivity index (χ4v) is 3.95. The minimum absolute atomic E-state index is 0.218. The molecule has 0 saturated heterocycles. The Bertz CT molecular complexity index is 1360. The standard InChI is InChI=1S/C33H30N2O4/c1-38-30-9-5-3-7-26(30)15-21-32(36)34-28-17-11-24(12-18-28)23-25-13-19-29(20-14-25)35-33(37)22-16-27-8-4-6-10-31(27)39-2/h3-22H,23H2,1-2H3,(H,34,36)(H,35,37)/b21-15+,22-16+. The van der Waals surface area contributed by atoms with Gasteiger partial charge in [0.15, 0.2) is 0 Å². The molecule has 0 atom stereocenters. The molecule has 0 aliphatic rings. The first kappa shape index (κ1) is 26.9. The Morgan fingerprint density at radius 3 is 1.36 bits per heavy atom. The van der Waals surface area contributed by atoms with Crippen LogP contribution < -0.4 is 20.1 Å². The number of anilines is 2. The van der Waals surface area contributed by atoms with Gasteiger partial charge in [0.2, 0.25) is 11.8 Å². The van der Waals surface area contributed by atoms with Crippen molar-refractivity contribution in [2.45, 2.75) is 6.42 Å². The van der Waals surface area contributed by atoms with Gasteiger partial charge in [-0.25, -0.2) is 0 Å². The number of hydrogen-bond acceptors (Lipinski definition) is 4. The van der Waals surface area contributed by atoms with Gasteiger partial charge in [0.25, 0.3) is 0 Å². The van der Waals surface area contributed by atoms with Crippen LogP contribution in [0.4, 0.5) is 11.4 Å². The van der Waals surface area contributed by atoms with Crippen LogP contribution in [0, 0.1) is 0 Å². The van der Waals surface area contributed by atoms with E-state index in [1.165, 1.54) is 12.2 Å². The fourth-order valence-electron chi connectivity index (χ4n) is 3.95. The molecule has 2 amide bonds. The van der Waals surface area contributed by atoms with Gasteiger partial charge in [-0.1, -0.05) is 60.7 Å². The van der Waals surface area contributed by atoms with Gasteiger partial charge in [0, 0.05) is 34.7 Å². The summed E-state index contributed by atoms with van der Waals surface area (Å²) in [5.41, 5.74) is 5.31. The Morgan fingerprint density at radius 1 is 0.590 bits per heavy atom. The minimum Gasteiger partial charge on any atom is -0.496 e. The van der Waals surface area contributed by atoms with Gasteiger partial charge in [-0.15, -0.1) is 0 Å². The van der Waals surface area contributed by atoms with Crippen LogP contribution in [-0.2, 0) is 16.0 Å². The van der Waals surface area contributed by atoms with Gasteiger partial charge in [-0.05, 0) is 66.1 Å². The SMILES string of the molecule is COc1ccccc1/C=C/C(=O)Nc1ccc(Cc2ccc(NC(=O)/C=C/c3ccccc3OC)cc2)cc1. The van der Waals surface area contributed by atoms with E-state index >= 15 is 0 Å². The number of benzene rings is 4. The van der Waals surface area contributed by atoms with Gasteiger partial charge >= 0.3 is 0 Å². The molecule has 0 spiro atoms. The molecule has 0 radical (unpaired) electrons. The summed E-state index contributed by atoms with van der Waals surface area (Å²) in [6, 6.07) is 30.5. The van der Waals surface area contributed by atoms with Crippen LogP contribution in [0.1, 0.15) is 22.3 Å².